The molecular formula is C17H15Cl2N3S. The van der Waals surface area contributed by atoms with Crippen molar-refractivity contribution < 1.29 is 0 Å². The van der Waals surface area contributed by atoms with Crippen LogP contribution in [0, 0.1) is 0 Å². The van der Waals surface area contributed by atoms with Crippen molar-refractivity contribution in [1.29, 1.82) is 0 Å². The lowest BCUT2D eigenvalue weighted by Crippen LogP contribution is -1.84. The average molecular weight is 364 g/mol. The van der Waals surface area contributed by atoms with Gasteiger partial charge in [-0.15, -0.1) is 5.10 Å². The van der Waals surface area contributed by atoms with Crippen LogP contribution < -0.4 is 0 Å². The first kappa shape index (κ1) is 16.4. The third-order valence-electron chi connectivity index (χ3n) is 3.47. The Bertz CT molecular complexity index is 800. The first-order valence-corrected chi connectivity index (χ1v) is 8.98. The smallest absolute Gasteiger partial charge is 0.209 e. The molecule has 0 unspecified atom stereocenters. The second-order valence-electron chi connectivity index (χ2n) is 5.04. The molecule has 3 rings (SSSR count). The van der Waals surface area contributed by atoms with E-state index < -0.39 is 0 Å². The predicted octanol–water partition coefficient (Wildman–Crippen LogP) is 5.63. The molecule has 0 aliphatic heterocycles. The zero-order valence-corrected chi connectivity index (χ0v) is 14.8. The molecule has 0 fully saturated rings. The summed E-state index contributed by atoms with van der Waals surface area (Å²) < 4.78 is 0. The maximum absolute atomic E-state index is 6.18. The Labute approximate surface area is 149 Å². The zero-order chi connectivity index (χ0) is 16.2. The predicted molar refractivity (Wildman–Crippen MR) is 97.2 cm³/mol. The molecule has 0 saturated carbocycles. The monoisotopic (exact) mass is 363 g/mol. The van der Waals surface area contributed by atoms with Crippen LogP contribution in [0.5, 0.6) is 0 Å². The lowest BCUT2D eigenvalue weighted by Gasteiger charge is -2.02. The Balaban J connectivity index is 1.69. The molecule has 1 aromatic heterocycles. The second-order valence-corrected chi connectivity index (χ2v) is 6.83. The SMILES string of the molecule is CCc1ccc(-c2nc(SCc3ccc(Cl)cc3Cl)n[nH]2)cc1. The Morgan fingerprint density at radius 3 is 2.57 bits per heavy atom. The highest BCUT2D eigenvalue weighted by atomic mass is 35.5. The van der Waals surface area contributed by atoms with Crippen molar-refractivity contribution >= 4 is 35.0 Å². The number of aromatic amines is 1. The van der Waals surface area contributed by atoms with Gasteiger partial charge in [-0.1, -0.05) is 72.2 Å². The number of nitrogens with zero attached hydrogens (tertiary/aromatic N) is 2. The molecule has 118 valence electrons. The molecule has 0 bridgehead atoms. The van der Waals surface area contributed by atoms with Crippen LogP contribution in [-0.4, -0.2) is 15.2 Å². The fourth-order valence-electron chi connectivity index (χ4n) is 2.12. The summed E-state index contributed by atoms with van der Waals surface area (Å²) in [6.07, 6.45) is 1.03. The number of hydrogen-bond acceptors (Lipinski definition) is 3. The van der Waals surface area contributed by atoms with Gasteiger partial charge in [0.05, 0.1) is 0 Å². The van der Waals surface area contributed by atoms with E-state index in [0.29, 0.717) is 21.0 Å². The molecule has 1 heterocycles. The van der Waals surface area contributed by atoms with Gasteiger partial charge < -0.3 is 0 Å². The number of aromatic nitrogens is 3. The van der Waals surface area contributed by atoms with Crippen LogP contribution in [0.4, 0.5) is 0 Å². The number of benzene rings is 2. The third kappa shape index (κ3) is 4.08. The van der Waals surface area contributed by atoms with Crippen LogP contribution in [0.2, 0.25) is 10.0 Å². The van der Waals surface area contributed by atoms with Crippen molar-refractivity contribution in [3.05, 3.63) is 63.6 Å². The van der Waals surface area contributed by atoms with E-state index in [0.717, 1.165) is 23.4 Å². The van der Waals surface area contributed by atoms with Crippen molar-refractivity contribution in [3.63, 3.8) is 0 Å². The van der Waals surface area contributed by atoms with Gasteiger partial charge in [0.15, 0.2) is 5.82 Å². The van der Waals surface area contributed by atoms with Crippen molar-refractivity contribution in [2.75, 3.05) is 0 Å². The minimum atomic E-state index is 0.638. The highest BCUT2D eigenvalue weighted by Gasteiger charge is 2.08. The quantitative estimate of drug-likeness (QED) is 0.596. The Hall–Kier alpha value is -1.49. The maximum atomic E-state index is 6.18. The van der Waals surface area contributed by atoms with Gasteiger partial charge >= 0.3 is 0 Å². The lowest BCUT2D eigenvalue weighted by molar-refractivity contribution is 0.973. The molecular weight excluding hydrogens is 349 g/mol. The largest absolute Gasteiger partial charge is 0.258 e. The standard InChI is InChI=1S/C17H15Cl2N3S/c1-2-11-3-5-12(6-4-11)16-20-17(22-21-16)23-10-13-7-8-14(18)9-15(13)19/h3-9H,2,10H2,1H3,(H,20,21,22). The van der Waals surface area contributed by atoms with Gasteiger partial charge in [-0.2, -0.15) is 0 Å². The van der Waals surface area contributed by atoms with Crippen LogP contribution in [0.3, 0.4) is 0 Å². The molecule has 6 heteroatoms. The molecule has 1 N–H and O–H groups in total. The molecule has 0 aliphatic carbocycles. The van der Waals surface area contributed by atoms with Crippen LogP contribution >= 0.6 is 35.0 Å². The molecule has 23 heavy (non-hydrogen) atoms. The van der Waals surface area contributed by atoms with E-state index in [-0.39, 0.29) is 0 Å². The summed E-state index contributed by atoms with van der Waals surface area (Å²) in [4.78, 5) is 4.53. The molecule has 2 aromatic carbocycles. The zero-order valence-electron chi connectivity index (χ0n) is 12.5. The van der Waals surface area contributed by atoms with Crippen molar-refractivity contribution in [3.8, 4) is 11.4 Å². The van der Waals surface area contributed by atoms with Crippen LogP contribution in [0.25, 0.3) is 11.4 Å². The van der Waals surface area contributed by atoms with Crippen molar-refractivity contribution in [2.45, 2.75) is 24.3 Å². The Morgan fingerprint density at radius 2 is 1.87 bits per heavy atom. The number of hydrogen-bond donors (Lipinski definition) is 1. The van der Waals surface area contributed by atoms with Crippen LogP contribution in [0.15, 0.2) is 47.6 Å². The normalized spacial score (nSPS) is 10.9. The van der Waals surface area contributed by atoms with Crippen LogP contribution in [0.1, 0.15) is 18.1 Å². The van der Waals surface area contributed by atoms with Gasteiger partial charge in [0.2, 0.25) is 5.16 Å². The number of halogens is 2. The van der Waals surface area contributed by atoms with E-state index in [4.69, 9.17) is 23.2 Å². The number of aryl methyl sites for hydroxylation is 1. The summed E-state index contributed by atoms with van der Waals surface area (Å²) in [6, 6.07) is 13.8. The summed E-state index contributed by atoms with van der Waals surface area (Å²) in [5, 5.41) is 9.24. The third-order valence-corrected chi connectivity index (χ3v) is 4.96. The molecule has 0 spiro atoms. The molecule has 3 aromatic rings. The number of rotatable bonds is 5. The fraction of sp³-hybridized carbons (Fsp3) is 0.176. The first-order valence-electron chi connectivity index (χ1n) is 7.24. The Morgan fingerprint density at radius 1 is 1.09 bits per heavy atom. The van der Waals surface area contributed by atoms with Gasteiger partial charge in [-0.25, -0.2) is 4.98 Å². The van der Waals surface area contributed by atoms with E-state index in [1.807, 2.05) is 12.1 Å². The van der Waals surface area contributed by atoms with E-state index in [1.165, 1.54) is 17.3 Å². The minimum absolute atomic E-state index is 0.638. The van der Waals surface area contributed by atoms with Gasteiger partial charge in [0.25, 0.3) is 0 Å². The van der Waals surface area contributed by atoms with Crippen molar-refractivity contribution in [1.82, 2.24) is 15.2 Å². The lowest BCUT2D eigenvalue weighted by atomic mass is 10.1. The maximum Gasteiger partial charge on any atom is 0.209 e. The number of nitrogens with one attached hydrogen (secondary N) is 1. The summed E-state index contributed by atoms with van der Waals surface area (Å²) in [7, 11) is 0. The van der Waals surface area contributed by atoms with Gasteiger partial charge in [0.1, 0.15) is 0 Å². The molecule has 0 aliphatic rings. The molecule has 0 atom stereocenters. The molecule has 0 amide bonds. The van der Waals surface area contributed by atoms with E-state index in [2.05, 4.69) is 46.4 Å². The van der Waals surface area contributed by atoms with E-state index in [1.54, 1.807) is 6.07 Å². The average Bonchev–Trinajstić information content (AvgIpc) is 3.03. The highest BCUT2D eigenvalue weighted by molar-refractivity contribution is 7.98. The summed E-state index contributed by atoms with van der Waals surface area (Å²) in [5.74, 6) is 1.47. The second kappa shape index (κ2) is 7.39. The summed E-state index contributed by atoms with van der Waals surface area (Å²) in [6.45, 7) is 2.14. The summed E-state index contributed by atoms with van der Waals surface area (Å²) >= 11 is 13.6. The minimum Gasteiger partial charge on any atom is -0.258 e. The van der Waals surface area contributed by atoms with E-state index in [9.17, 15) is 0 Å². The summed E-state index contributed by atoms with van der Waals surface area (Å²) in [5.41, 5.74) is 3.35. The highest BCUT2D eigenvalue weighted by Crippen LogP contribution is 2.28. The number of thioether (sulfide) groups is 1. The van der Waals surface area contributed by atoms with Gasteiger partial charge in [-0.3, -0.25) is 5.10 Å². The molecule has 0 radical (unpaired) electrons. The molecule has 3 nitrogen and oxygen atoms in total. The molecule has 0 saturated heterocycles. The van der Waals surface area contributed by atoms with Crippen LogP contribution in [-0.2, 0) is 12.2 Å². The topological polar surface area (TPSA) is 41.6 Å². The van der Waals surface area contributed by atoms with E-state index >= 15 is 0 Å². The first-order chi connectivity index (χ1) is 11.2. The number of H-pyrrole nitrogens is 1. The van der Waals surface area contributed by atoms with Gasteiger partial charge in [0, 0.05) is 21.4 Å². The van der Waals surface area contributed by atoms with Gasteiger partial charge in [-0.05, 0) is 29.7 Å². The van der Waals surface area contributed by atoms with Crippen molar-refractivity contribution in [2.24, 2.45) is 0 Å². The fourth-order valence-corrected chi connectivity index (χ4v) is 3.48. The Kier molecular flexibility index (Phi) is 5.26.